The molecule has 1 unspecified atom stereocenters. The monoisotopic (exact) mass is 347 g/mol. The fourth-order valence-electron chi connectivity index (χ4n) is 1.52. The van der Waals surface area contributed by atoms with E-state index in [-0.39, 0.29) is 5.00 Å². The Morgan fingerprint density at radius 3 is 2.43 bits per heavy atom. The molecule has 0 bridgehead atoms. The summed E-state index contributed by atoms with van der Waals surface area (Å²) >= 11 is 0.570. The van der Waals surface area contributed by atoms with Crippen LogP contribution in [-0.4, -0.2) is 32.6 Å². The molecule has 1 rings (SSSR count). The highest BCUT2D eigenvalue weighted by atomic mass is 32.2. The molecule has 0 saturated heterocycles. The quantitative estimate of drug-likeness (QED) is 0.607. The predicted octanol–water partition coefficient (Wildman–Crippen LogP) is 2.32. The van der Waals surface area contributed by atoms with Crippen molar-refractivity contribution in [2.45, 2.75) is 29.8 Å². The first kappa shape index (κ1) is 17.7. The number of halogens is 3. The second-order valence-corrected chi connectivity index (χ2v) is 7.12. The van der Waals surface area contributed by atoms with E-state index in [1.54, 1.807) is 0 Å². The second kappa shape index (κ2) is 6.15. The van der Waals surface area contributed by atoms with Crippen LogP contribution in [0.2, 0.25) is 0 Å². The smallest absolute Gasteiger partial charge is 0.374 e. The average Bonchev–Trinajstić information content (AvgIpc) is 2.69. The minimum Gasteiger partial charge on any atom is -0.374 e. The first-order valence-electron chi connectivity index (χ1n) is 5.51. The Kier molecular flexibility index (Phi) is 5.17. The minimum absolute atomic E-state index is 0.00356. The molecule has 7 nitrogen and oxygen atoms in total. The van der Waals surface area contributed by atoms with Gasteiger partial charge in [0, 0.05) is 19.2 Å². The van der Waals surface area contributed by atoms with E-state index in [0.717, 1.165) is 13.0 Å². The molecule has 0 fully saturated rings. The highest BCUT2D eigenvalue weighted by molar-refractivity contribution is 7.91. The maximum absolute atomic E-state index is 12.2. The maximum atomic E-state index is 12.2. The summed E-state index contributed by atoms with van der Waals surface area (Å²) in [6.07, 6.45) is -5.85. The van der Waals surface area contributed by atoms with E-state index < -0.39 is 43.5 Å². The predicted molar refractivity (Wildman–Crippen MR) is 71.0 cm³/mol. The van der Waals surface area contributed by atoms with Crippen molar-refractivity contribution in [1.82, 2.24) is 4.72 Å². The summed E-state index contributed by atoms with van der Waals surface area (Å²) in [7, 11) is -2.88. The van der Waals surface area contributed by atoms with Crippen molar-refractivity contribution in [3.05, 3.63) is 16.2 Å². The Balaban J connectivity index is 3.01. The standard InChI is InChI=1S/C9H12F3N3O4S2/c1-5(4-9(10,11)12)14-21(18,19)7-3-6(15(16)17)8(13-2)20-7/h3,5,13-14H,4H2,1-2H3. The van der Waals surface area contributed by atoms with Crippen molar-refractivity contribution in [2.24, 2.45) is 0 Å². The summed E-state index contributed by atoms with van der Waals surface area (Å²) in [4.78, 5) is 9.96. The lowest BCUT2D eigenvalue weighted by Crippen LogP contribution is -2.35. The van der Waals surface area contributed by atoms with Crippen LogP contribution < -0.4 is 10.0 Å². The van der Waals surface area contributed by atoms with Gasteiger partial charge in [-0.3, -0.25) is 10.1 Å². The molecule has 1 atom stereocenters. The number of rotatable bonds is 6. The first-order valence-corrected chi connectivity index (χ1v) is 7.81. The summed E-state index contributed by atoms with van der Waals surface area (Å²) in [6, 6.07) is -0.576. The summed E-state index contributed by atoms with van der Waals surface area (Å²) in [5, 5.41) is 13.2. The number of hydrogen-bond acceptors (Lipinski definition) is 6. The number of anilines is 1. The van der Waals surface area contributed by atoms with Crippen LogP contribution in [-0.2, 0) is 10.0 Å². The Morgan fingerprint density at radius 2 is 2.05 bits per heavy atom. The van der Waals surface area contributed by atoms with Gasteiger partial charge in [0.2, 0.25) is 0 Å². The van der Waals surface area contributed by atoms with Gasteiger partial charge in [0.15, 0.2) is 5.00 Å². The fourth-order valence-corrected chi connectivity index (χ4v) is 4.06. The van der Waals surface area contributed by atoms with E-state index in [1.165, 1.54) is 7.05 Å². The molecule has 120 valence electrons. The maximum Gasteiger partial charge on any atom is 0.390 e. The Morgan fingerprint density at radius 1 is 1.48 bits per heavy atom. The van der Waals surface area contributed by atoms with E-state index in [2.05, 4.69) is 5.32 Å². The Labute approximate surface area is 122 Å². The van der Waals surface area contributed by atoms with Gasteiger partial charge in [0.05, 0.1) is 11.3 Å². The zero-order valence-corrected chi connectivity index (χ0v) is 12.5. The molecule has 12 heteroatoms. The zero-order valence-electron chi connectivity index (χ0n) is 10.9. The van der Waals surface area contributed by atoms with Crippen LogP contribution in [0.25, 0.3) is 0 Å². The van der Waals surface area contributed by atoms with E-state index in [1.807, 2.05) is 4.72 Å². The van der Waals surface area contributed by atoms with Gasteiger partial charge in [0.1, 0.15) is 4.21 Å². The molecule has 0 aliphatic heterocycles. The van der Waals surface area contributed by atoms with Crippen molar-refractivity contribution < 1.29 is 26.5 Å². The number of nitrogens with zero attached hydrogens (tertiary/aromatic N) is 1. The van der Waals surface area contributed by atoms with Crippen LogP contribution in [0.4, 0.5) is 23.9 Å². The Hall–Kier alpha value is -1.40. The molecule has 0 aromatic carbocycles. The summed E-state index contributed by atoms with van der Waals surface area (Å²) < 4.78 is 61.8. The lowest BCUT2D eigenvalue weighted by atomic mass is 10.2. The van der Waals surface area contributed by atoms with Gasteiger partial charge in [0.25, 0.3) is 10.0 Å². The molecular weight excluding hydrogens is 335 g/mol. The SMILES string of the molecule is CNc1sc(S(=O)(=O)NC(C)CC(F)(F)F)cc1[N+](=O)[O-]. The largest absolute Gasteiger partial charge is 0.390 e. The highest BCUT2D eigenvalue weighted by Crippen LogP contribution is 2.36. The topological polar surface area (TPSA) is 101 Å². The summed E-state index contributed by atoms with van der Waals surface area (Å²) in [5.74, 6) is 0. The van der Waals surface area contributed by atoms with Gasteiger partial charge in [-0.1, -0.05) is 11.3 Å². The van der Waals surface area contributed by atoms with Crippen molar-refractivity contribution >= 4 is 32.0 Å². The van der Waals surface area contributed by atoms with Crippen molar-refractivity contribution in [3.8, 4) is 0 Å². The number of nitrogens with one attached hydrogen (secondary N) is 2. The molecule has 0 radical (unpaired) electrons. The fraction of sp³-hybridized carbons (Fsp3) is 0.556. The third-order valence-electron chi connectivity index (χ3n) is 2.27. The summed E-state index contributed by atoms with van der Waals surface area (Å²) in [6.45, 7) is 1.06. The van der Waals surface area contributed by atoms with Crippen molar-refractivity contribution in [3.63, 3.8) is 0 Å². The number of hydrogen-bond donors (Lipinski definition) is 2. The van der Waals surface area contributed by atoms with Crippen LogP contribution in [0.5, 0.6) is 0 Å². The highest BCUT2D eigenvalue weighted by Gasteiger charge is 2.33. The third kappa shape index (κ3) is 4.82. The van der Waals surface area contributed by atoms with E-state index in [4.69, 9.17) is 0 Å². The molecule has 0 saturated carbocycles. The molecule has 1 aromatic heterocycles. The van der Waals surface area contributed by atoms with Gasteiger partial charge < -0.3 is 5.32 Å². The minimum atomic E-state index is -4.51. The molecule has 2 N–H and O–H groups in total. The van der Waals surface area contributed by atoms with Crippen LogP contribution in [0.15, 0.2) is 10.3 Å². The number of nitro groups is 1. The van der Waals surface area contributed by atoms with Crippen molar-refractivity contribution in [2.75, 3.05) is 12.4 Å². The lowest BCUT2D eigenvalue weighted by molar-refractivity contribution is -0.383. The van der Waals surface area contributed by atoms with Gasteiger partial charge in [-0.15, -0.1) is 0 Å². The average molecular weight is 347 g/mol. The Bertz CT molecular complexity index is 627. The normalized spacial score (nSPS) is 14.0. The number of alkyl halides is 3. The molecule has 0 aliphatic carbocycles. The molecule has 0 amide bonds. The van der Waals surface area contributed by atoms with Gasteiger partial charge in [-0.2, -0.15) is 13.2 Å². The van der Waals surface area contributed by atoms with Gasteiger partial charge in [-0.25, -0.2) is 13.1 Å². The van der Waals surface area contributed by atoms with Crippen molar-refractivity contribution in [1.29, 1.82) is 0 Å². The van der Waals surface area contributed by atoms with Gasteiger partial charge >= 0.3 is 11.9 Å². The van der Waals surface area contributed by atoms with Crippen LogP contribution in [0, 0.1) is 10.1 Å². The summed E-state index contributed by atoms with van der Waals surface area (Å²) in [5.41, 5.74) is -0.452. The zero-order chi connectivity index (χ0) is 16.4. The molecule has 0 spiro atoms. The van der Waals surface area contributed by atoms with E-state index in [0.29, 0.717) is 11.3 Å². The number of sulfonamides is 1. The molecule has 1 heterocycles. The van der Waals surface area contributed by atoms with E-state index in [9.17, 15) is 31.7 Å². The van der Waals surface area contributed by atoms with E-state index >= 15 is 0 Å². The second-order valence-electron chi connectivity index (χ2n) is 4.13. The first-order chi connectivity index (χ1) is 9.46. The molecular formula is C9H12F3N3O4S2. The van der Waals surface area contributed by atoms with Crippen LogP contribution in [0.1, 0.15) is 13.3 Å². The molecule has 1 aromatic rings. The molecule has 0 aliphatic rings. The molecule has 21 heavy (non-hydrogen) atoms. The third-order valence-corrected chi connectivity index (χ3v) is 5.48. The van der Waals surface area contributed by atoms with Gasteiger partial charge in [-0.05, 0) is 6.92 Å². The van der Waals surface area contributed by atoms with Crippen LogP contribution in [0.3, 0.4) is 0 Å². The lowest BCUT2D eigenvalue weighted by Gasteiger charge is -2.14. The van der Waals surface area contributed by atoms with Crippen LogP contribution >= 0.6 is 11.3 Å². The number of thiophene rings is 1.